The van der Waals surface area contributed by atoms with Crippen LogP contribution in [0.1, 0.15) is 18.9 Å². The number of ether oxygens (including phenoxy) is 1. The van der Waals surface area contributed by atoms with Gasteiger partial charge in [0, 0.05) is 18.7 Å². The molecule has 0 aliphatic rings. The van der Waals surface area contributed by atoms with Crippen LogP contribution in [0.4, 0.5) is 0 Å². The Labute approximate surface area is 121 Å². The first-order valence-corrected chi connectivity index (χ1v) is 6.96. The topological polar surface area (TPSA) is 52.9 Å². The van der Waals surface area contributed by atoms with Crippen molar-refractivity contribution in [2.75, 3.05) is 39.5 Å². The minimum Gasteiger partial charge on any atom is -0.492 e. The first-order valence-electron chi connectivity index (χ1n) is 6.96. The summed E-state index contributed by atoms with van der Waals surface area (Å²) in [5, 5.41) is 17.6. The third-order valence-electron chi connectivity index (χ3n) is 2.78. The Hall–Kier alpha value is -1.54. The molecule has 0 spiro atoms. The lowest BCUT2D eigenvalue weighted by Crippen LogP contribution is -2.31. The van der Waals surface area contributed by atoms with E-state index in [1.165, 1.54) is 0 Å². The first kappa shape index (κ1) is 16.5. The first-order chi connectivity index (χ1) is 9.80. The van der Waals surface area contributed by atoms with E-state index >= 15 is 0 Å². The molecule has 2 N–H and O–H groups in total. The Kier molecular flexibility index (Phi) is 8.48. The number of aliphatic hydroxyl groups is 2. The number of rotatable bonds is 8. The summed E-state index contributed by atoms with van der Waals surface area (Å²) in [6, 6.07) is 7.51. The maximum Gasteiger partial charge on any atom is 0.120 e. The molecule has 4 nitrogen and oxygen atoms in total. The standard InChI is InChI=1S/C16H23NO3/c1-2-8-17(9-12-19)10-13-20-16-7-3-5-15(14-16)6-4-11-18/h3,5,7,14,18-19H,2,8-13H2,1H3. The molecule has 110 valence electrons. The summed E-state index contributed by atoms with van der Waals surface area (Å²) in [5.74, 6) is 6.24. The van der Waals surface area contributed by atoms with E-state index < -0.39 is 0 Å². The van der Waals surface area contributed by atoms with E-state index in [9.17, 15) is 0 Å². The molecule has 1 rings (SSSR count). The van der Waals surface area contributed by atoms with Crippen molar-refractivity contribution in [1.82, 2.24) is 4.90 Å². The Morgan fingerprint density at radius 2 is 2.05 bits per heavy atom. The molecule has 0 aliphatic carbocycles. The van der Waals surface area contributed by atoms with Crippen LogP contribution >= 0.6 is 0 Å². The Balaban J connectivity index is 2.44. The summed E-state index contributed by atoms with van der Waals surface area (Å²) in [5.41, 5.74) is 0.831. The second kappa shape index (κ2) is 10.3. The van der Waals surface area contributed by atoms with Gasteiger partial charge in [-0.1, -0.05) is 24.8 Å². The predicted molar refractivity (Wildman–Crippen MR) is 79.7 cm³/mol. The number of hydrogen-bond acceptors (Lipinski definition) is 4. The molecule has 0 amide bonds. The Morgan fingerprint density at radius 1 is 1.20 bits per heavy atom. The highest BCUT2D eigenvalue weighted by atomic mass is 16.5. The monoisotopic (exact) mass is 277 g/mol. The molecule has 1 aromatic rings. The van der Waals surface area contributed by atoms with Crippen molar-refractivity contribution in [2.45, 2.75) is 13.3 Å². The van der Waals surface area contributed by atoms with E-state index in [4.69, 9.17) is 14.9 Å². The summed E-state index contributed by atoms with van der Waals surface area (Å²) in [6.07, 6.45) is 1.06. The highest BCUT2D eigenvalue weighted by Crippen LogP contribution is 2.12. The van der Waals surface area contributed by atoms with Crippen molar-refractivity contribution in [3.63, 3.8) is 0 Å². The van der Waals surface area contributed by atoms with Gasteiger partial charge in [-0.3, -0.25) is 4.90 Å². The molecule has 0 aliphatic heterocycles. The SMILES string of the molecule is CCCN(CCO)CCOc1cccc(C#CCO)c1. The van der Waals surface area contributed by atoms with Crippen LogP contribution in [0.2, 0.25) is 0 Å². The van der Waals surface area contributed by atoms with Gasteiger partial charge in [0.25, 0.3) is 0 Å². The molecule has 0 bridgehead atoms. The van der Waals surface area contributed by atoms with Gasteiger partial charge in [-0.25, -0.2) is 0 Å². The lowest BCUT2D eigenvalue weighted by atomic mass is 10.2. The van der Waals surface area contributed by atoms with Gasteiger partial charge in [0.2, 0.25) is 0 Å². The van der Waals surface area contributed by atoms with Crippen LogP contribution in [0.15, 0.2) is 24.3 Å². The summed E-state index contributed by atoms with van der Waals surface area (Å²) in [6.45, 7) is 5.17. The normalized spacial score (nSPS) is 10.2. The van der Waals surface area contributed by atoms with E-state index in [1.807, 2.05) is 24.3 Å². The predicted octanol–water partition coefficient (Wildman–Crippen LogP) is 1.11. The summed E-state index contributed by atoms with van der Waals surface area (Å²) in [7, 11) is 0. The van der Waals surface area contributed by atoms with Gasteiger partial charge in [-0.15, -0.1) is 0 Å². The van der Waals surface area contributed by atoms with Gasteiger partial charge >= 0.3 is 0 Å². The maximum atomic E-state index is 8.98. The van der Waals surface area contributed by atoms with Crippen LogP contribution in [0.25, 0.3) is 0 Å². The molecule has 20 heavy (non-hydrogen) atoms. The molecule has 0 saturated carbocycles. The average molecular weight is 277 g/mol. The van der Waals surface area contributed by atoms with Crippen molar-refractivity contribution in [2.24, 2.45) is 0 Å². The summed E-state index contributed by atoms with van der Waals surface area (Å²) < 4.78 is 5.70. The molecule has 0 fully saturated rings. The van der Waals surface area contributed by atoms with Crippen molar-refractivity contribution in [1.29, 1.82) is 0 Å². The van der Waals surface area contributed by atoms with Crippen LogP contribution < -0.4 is 4.74 Å². The van der Waals surface area contributed by atoms with E-state index in [0.717, 1.165) is 30.8 Å². The zero-order chi connectivity index (χ0) is 14.6. The van der Waals surface area contributed by atoms with Crippen LogP contribution in [-0.4, -0.2) is 54.6 Å². The minimum atomic E-state index is -0.141. The molecule has 0 aromatic heterocycles. The van der Waals surface area contributed by atoms with Gasteiger partial charge in [-0.05, 0) is 31.2 Å². The molecule has 0 unspecified atom stereocenters. The minimum absolute atomic E-state index is 0.141. The maximum absolute atomic E-state index is 8.98. The molecule has 0 saturated heterocycles. The van der Waals surface area contributed by atoms with Gasteiger partial charge in [0.1, 0.15) is 19.0 Å². The quantitative estimate of drug-likeness (QED) is 0.699. The van der Waals surface area contributed by atoms with Gasteiger partial charge in [0.05, 0.1) is 6.61 Å². The molecule has 1 aromatic carbocycles. The van der Waals surface area contributed by atoms with Crippen LogP contribution in [0.3, 0.4) is 0 Å². The third-order valence-corrected chi connectivity index (χ3v) is 2.78. The molecule has 0 atom stereocenters. The van der Waals surface area contributed by atoms with Gasteiger partial charge < -0.3 is 14.9 Å². The number of aliphatic hydroxyl groups excluding tert-OH is 2. The average Bonchev–Trinajstić information content (AvgIpc) is 2.46. The zero-order valence-corrected chi connectivity index (χ0v) is 12.0. The molecular weight excluding hydrogens is 254 g/mol. The lowest BCUT2D eigenvalue weighted by molar-refractivity contribution is 0.168. The highest BCUT2D eigenvalue weighted by Gasteiger charge is 2.03. The fourth-order valence-electron chi connectivity index (χ4n) is 1.89. The summed E-state index contributed by atoms with van der Waals surface area (Å²) >= 11 is 0. The largest absolute Gasteiger partial charge is 0.492 e. The third kappa shape index (κ3) is 6.58. The Bertz CT molecular complexity index is 431. The van der Waals surface area contributed by atoms with E-state index in [-0.39, 0.29) is 13.2 Å². The molecule has 0 heterocycles. The van der Waals surface area contributed by atoms with Crippen LogP contribution in [0, 0.1) is 11.8 Å². The number of nitrogens with zero attached hydrogens (tertiary/aromatic N) is 1. The van der Waals surface area contributed by atoms with Crippen molar-refractivity contribution >= 4 is 0 Å². The second-order valence-corrected chi connectivity index (χ2v) is 4.40. The molecular formula is C16H23NO3. The van der Waals surface area contributed by atoms with E-state index in [1.54, 1.807) is 0 Å². The van der Waals surface area contributed by atoms with Crippen LogP contribution in [0.5, 0.6) is 5.75 Å². The van der Waals surface area contributed by atoms with Crippen molar-refractivity contribution in [3.8, 4) is 17.6 Å². The van der Waals surface area contributed by atoms with Gasteiger partial charge in [-0.2, -0.15) is 0 Å². The van der Waals surface area contributed by atoms with Crippen molar-refractivity contribution in [3.05, 3.63) is 29.8 Å². The fourth-order valence-corrected chi connectivity index (χ4v) is 1.89. The van der Waals surface area contributed by atoms with E-state index in [0.29, 0.717) is 13.2 Å². The number of benzene rings is 1. The Morgan fingerprint density at radius 3 is 2.75 bits per heavy atom. The lowest BCUT2D eigenvalue weighted by Gasteiger charge is -2.20. The smallest absolute Gasteiger partial charge is 0.120 e. The molecule has 4 heteroatoms. The molecule has 0 radical (unpaired) electrons. The highest BCUT2D eigenvalue weighted by molar-refractivity contribution is 5.39. The zero-order valence-electron chi connectivity index (χ0n) is 12.0. The van der Waals surface area contributed by atoms with Gasteiger partial charge in [0.15, 0.2) is 0 Å². The van der Waals surface area contributed by atoms with Crippen LogP contribution in [-0.2, 0) is 0 Å². The van der Waals surface area contributed by atoms with Crippen molar-refractivity contribution < 1.29 is 14.9 Å². The number of hydrogen-bond donors (Lipinski definition) is 2. The summed E-state index contributed by atoms with van der Waals surface area (Å²) in [4.78, 5) is 2.18. The van der Waals surface area contributed by atoms with E-state index in [2.05, 4.69) is 23.7 Å². The fraction of sp³-hybridized carbons (Fsp3) is 0.500. The second-order valence-electron chi connectivity index (χ2n) is 4.40.